The normalized spacial score (nSPS) is 14.3. The zero-order valence-electron chi connectivity index (χ0n) is 21.0. The van der Waals surface area contributed by atoms with Crippen molar-refractivity contribution in [1.82, 2.24) is 4.98 Å². The molecule has 6 aromatic carbocycles. The van der Waals surface area contributed by atoms with Gasteiger partial charge in [-0.2, -0.15) is 0 Å². The molecule has 0 spiro atoms. The number of halogens is 1. The Labute approximate surface area is 234 Å². The Morgan fingerprint density at radius 3 is 1.80 bits per heavy atom. The SMILES string of the molecule is c1ccc2c(c1)[nH]c1c3c4c(cc12)-c1cc2oc5ccccc5c2cc1I4c1cc2c(cc1-3)oc1ccccc12. The third-order valence-corrected chi connectivity index (χ3v) is 15.1. The molecule has 3 nitrogen and oxygen atoms in total. The van der Waals surface area contributed by atoms with Gasteiger partial charge in [-0.15, -0.1) is 0 Å². The molecule has 0 bridgehead atoms. The molecule has 0 aliphatic carbocycles. The molecule has 0 unspecified atom stereocenters. The average Bonchev–Trinajstić information content (AvgIpc) is 3.77. The standard InChI is InChI=1S/C36H18INO2/c1-4-10-29-18(7-1)25-13-24-21-16-32-22(19-8-2-5-11-30(19)39-32)14-27(21)37-28-15-23-20-9-3-6-12-31(20)40-33(23)17-26(28)34(35(24)37)36(25)38-29/h1-17,38H. The number of hydrogen-bond donors (Lipinski definition) is 1. The van der Waals surface area contributed by atoms with Gasteiger partial charge in [0.15, 0.2) is 0 Å². The van der Waals surface area contributed by atoms with Gasteiger partial charge in [0, 0.05) is 0 Å². The summed E-state index contributed by atoms with van der Waals surface area (Å²) in [6.07, 6.45) is 0. The molecule has 3 aromatic heterocycles. The van der Waals surface area contributed by atoms with E-state index in [-0.39, 0.29) is 0 Å². The topological polar surface area (TPSA) is 42.1 Å². The zero-order valence-corrected chi connectivity index (χ0v) is 23.2. The van der Waals surface area contributed by atoms with Gasteiger partial charge in [0.2, 0.25) is 0 Å². The molecule has 186 valence electrons. The summed E-state index contributed by atoms with van der Waals surface area (Å²) in [6, 6.07) is 37.5. The Morgan fingerprint density at radius 2 is 1.07 bits per heavy atom. The summed E-state index contributed by atoms with van der Waals surface area (Å²) in [5.74, 6) is 0. The number of benzene rings is 6. The summed E-state index contributed by atoms with van der Waals surface area (Å²) in [5, 5.41) is 7.39. The Bertz CT molecular complexity index is 2610. The third kappa shape index (κ3) is 2.27. The molecule has 9 aromatic rings. The summed E-state index contributed by atoms with van der Waals surface area (Å²) in [5.41, 5.74) is 11.7. The first-order valence-corrected chi connectivity index (χ1v) is 16.7. The van der Waals surface area contributed by atoms with Gasteiger partial charge >= 0.3 is 235 Å². The molecule has 1 N–H and O–H groups in total. The van der Waals surface area contributed by atoms with E-state index in [9.17, 15) is 0 Å². The molecular formula is C36H18INO2. The number of H-pyrrole nitrogens is 1. The van der Waals surface area contributed by atoms with Crippen LogP contribution in [0.25, 0.3) is 87.9 Å². The number of nitrogens with one attached hydrogen (secondary N) is 1. The summed E-state index contributed by atoms with van der Waals surface area (Å²) in [6.45, 7) is 0. The van der Waals surface area contributed by atoms with E-state index in [0.717, 1.165) is 22.3 Å². The molecule has 40 heavy (non-hydrogen) atoms. The van der Waals surface area contributed by atoms with Crippen molar-refractivity contribution >= 4 is 85.5 Å². The van der Waals surface area contributed by atoms with Crippen molar-refractivity contribution in [3.63, 3.8) is 0 Å². The van der Waals surface area contributed by atoms with Crippen LogP contribution in [0.3, 0.4) is 0 Å². The quantitative estimate of drug-likeness (QED) is 0.171. The first-order valence-electron chi connectivity index (χ1n) is 13.5. The van der Waals surface area contributed by atoms with E-state index in [2.05, 4.69) is 108 Å². The predicted molar refractivity (Wildman–Crippen MR) is 171 cm³/mol. The van der Waals surface area contributed by atoms with E-state index in [0.29, 0.717) is 0 Å². The van der Waals surface area contributed by atoms with Crippen LogP contribution < -0.4 is 0 Å². The molecular weight excluding hydrogens is 605 g/mol. The fourth-order valence-corrected chi connectivity index (χ4v) is 14.3. The van der Waals surface area contributed by atoms with E-state index in [1.165, 1.54) is 72.7 Å². The maximum atomic E-state index is 6.41. The fourth-order valence-electron chi connectivity index (χ4n) is 7.12. The van der Waals surface area contributed by atoms with E-state index in [1.54, 1.807) is 3.57 Å². The van der Waals surface area contributed by atoms with Crippen molar-refractivity contribution in [2.75, 3.05) is 0 Å². The Kier molecular flexibility index (Phi) is 3.45. The van der Waals surface area contributed by atoms with Crippen molar-refractivity contribution in [2.45, 2.75) is 0 Å². The van der Waals surface area contributed by atoms with Gasteiger partial charge in [-0.25, -0.2) is 0 Å². The Morgan fingerprint density at radius 1 is 0.475 bits per heavy atom. The Hall–Kier alpha value is -4.55. The van der Waals surface area contributed by atoms with Crippen LogP contribution >= 0.6 is 19.8 Å². The second kappa shape index (κ2) is 6.77. The molecule has 0 radical (unpaired) electrons. The first kappa shape index (κ1) is 20.4. The van der Waals surface area contributed by atoms with Gasteiger partial charge in [0.25, 0.3) is 0 Å². The number of para-hydroxylation sites is 3. The third-order valence-electron chi connectivity index (χ3n) is 8.83. The van der Waals surface area contributed by atoms with E-state index >= 15 is 0 Å². The predicted octanol–water partition coefficient (Wildman–Crippen LogP) is 10.5. The monoisotopic (exact) mass is 623 g/mol. The van der Waals surface area contributed by atoms with Gasteiger partial charge in [0.1, 0.15) is 0 Å². The fraction of sp³-hybridized carbons (Fsp3) is 0. The molecule has 0 amide bonds. The average molecular weight is 623 g/mol. The molecule has 5 heterocycles. The van der Waals surface area contributed by atoms with Crippen molar-refractivity contribution in [3.05, 3.63) is 114 Å². The van der Waals surface area contributed by atoms with Crippen LogP contribution in [0.4, 0.5) is 0 Å². The molecule has 0 atom stereocenters. The number of rotatable bonds is 0. The minimum atomic E-state index is -1.99. The molecule has 4 heteroatoms. The van der Waals surface area contributed by atoms with Crippen LogP contribution in [0.1, 0.15) is 0 Å². The molecule has 0 saturated carbocycles. The van der Waals surface area contributed by atoms with Crippen LogP contribution in [0.15, 0.2) is 112 Å². The van der Waals surface area contributed by atoms with E-state index in [4.69, 9.17) is 8.83 Å². The van der Waals surface area contributed by atoms with Crippen LogP contribution in [0, 0.1) is 10.7 Å². The molecule has 2 aliphatic rings. The van der Waals surface area contributed by atoms with Gasteiger partial charge in [-0.05, 0) is 0 Å². The van der Waals surface area contributed by atoms with Gasteiger partial charge in [-0.3, -0.25) is 0 Å². The maximum absolute atomic E-state index is 6.41. The molecule has 11 rings (SSSR count). The van der Waals surface area contributed by atoms with Gasteiger partial charge in [0.05, 0.1) is 0 Å². The van der Waals surface area contributed by atoms with Crippen molar-refractivity contribution < 1.29 is 8.83 Å². The first-order chi connectivity index (χ1) is 19.8. The molecule has 2 aliphatic heterocycles. The summed E-state index contributed by atoms with van der Waals surface area (Å²) in [4.78, 5) is 3.82. The second-order valence-corrected chi connectivity index (χ2v) is 15.9. The van der Waals surface area contributed by atoms with Crippen LogP contribution in [0.5, 0.6) is 0 Å². The van der Waals surface area contributed by atoms with E-state index < -0.39 is 19.8 Å². The number of aromatic amines is 1. The number of furan rings is 2. The van der Waals surface area contributed by atoms with E-state index in [1.807, 2.05) is 0 Å². The van der Waals surface area contributed by atoms with Crippen LogP contribution in [-0.2, 0) is 0 Å². The summed E-state index contributed by atoms with van der Waals surface area (Å²) < 4.78 is 17.4. The zero-order chi connectivity index (χ0) is 25.7. The number of hydrogen-bond acceptors (Lipinski definition) is 2. The summed E-state index contributed by atoms with van der Waals surface area (Å²) in [7, 11) is 0. The van der Waals surface area contributed by atoms with Crippen LogP contribution in [-0.4, -0.2) is 4.98 Å². The van der Waals surface area contributed by atoms with Crippen molar-refractivity contribution in [2.24, 2.45) is 0 Å². The molecule has 0 saturated heterocycles. The second-order valence-electron chi connectivity index (χ2n) is 10.8. The van der Waals surface area contributed by atoms with Gasteiger partial charge in [-0.1, -0.05) is 0 Å². The van der Waals surface area contributed by atoms with Crippen molar-refractivity contribution in [1.29, 1.82) is 0 Å². The summed E-state index contributed by atoms with van der Waals surface area (Å²) >= 11 is -1.99. The number of aromatic nitrogens is 1. The number of fused-ring (bicyclic) bond motifs is 16. The molecule has 0 fully saturated rings. The Balaban J connectivity index is 1.34. The van der Waals surface area contributed by atoms with Gasteiger partial charge < -0.3 is 0 Å². The van der Waals surface area contributed by atoms with Crippen LogP contribution in [0.2, 0.25) is 0 Å². The minimum absolute atomic E-state index is 0.952. The van der Waals surface area contributed by atoms with Crippen molar-refractivity contribution in [3.8, 4) is 22.3 Å².